The van der Waals surface area contributed by atoms with Crippen molar-refractivity contribution in [2.75, 3.05) is 13.2 Å². The van der Waals surface area contributed by atoms with Gasteiger partial charge in [-0.3, -0.25) is 4.57 Å². The Morgan fingerprint density at radius 3 is 2.12 bits per heavy atom. The van der Waals surface area contributed by atoms with Crippen LogP contribution in [0.4, 0.5) is 0 Å². The summed E-state index contributed by atoms with van der Waals surface area (Å²) in [5, 5.41) is 0.164. The Labute approximate surface area is 96.6 Å². The molecule has 4 heteroatoms. The number of hydrogen-bond donors (Lipinski definition) is 0. The molecular weight excluding hydrogens is 223 g/mol. The van der Waals surface area contributed by atoms with E-state index in [4.69, 9.17) is 15.6 Å². The molecule has 0 heterocycles. The second kappa shape index (κ2) is 6.00. The second-order valence-corrected chi connectivity index (χ2v) is 5.08. The minimum atomic E-state index is -3.34. The van der Waals surface area contributed by atoms with Gasteiger partial charge in [-0.2, -0.15) is 0 Å². The maximum absolute atomic E-state index is 12.3. The van der Waals surface area contributed by atoms with Crippen molar-refractivity contribution in [3.8, 4) is 0 Å². The SMILES string of the molecule is [CH]=C(c1ccccc1)P(=O)(OCC)OCC. The molecule has 1 aromatic rings. The lowest BCUT2D eigenvalue weighted by Crippen LogP contribution is -1.97. The summed E-state index contributed by atoms with van der Waals surface area (Å²) in [7, 11) is -3.34. The van der Waals surface area contributed by atoms with Crippen molar-refractivity contribution in [2.24, 2.45) is 0 Å². The first-order valence-electron chi connectivity index (χ1n) is 5.21. The van der Waals surface area contributed by atoms with Crippen molar-refractivity contribution in [1.29, 1.82) is 0 Å². The minimum Gasteiger partial charge on any atom is -0.305 e. The van der Waals surface area contributed by atoms with Gasteiger partial charge in [-0.15, -0.1) is 0 Å². The highest BCUT2D eigenvalue weighted by atomic mass is 31.2. The van der Waals surface area contributed by atoms with Gasteiger partial charge in [0.25, 0.3) is 0 Å². The van der Waals surface area contributed by atoms with Crippen LogP contribution in [0.15, 0.2) is 30.3 Å². The summed E-state index contributed by atoms with van der Waals surface area (Å²) >= 11 is 0. The summed E-state index contributed by atoms with van der Waals surface area (Å²) in [5.41, 5.74) is 0.674. The highest BCUT2D eigenvalue weighted by Crippen LogP contribution is 2.59. The molecule has 0 unspecified atom stereocenters. The highest BCUT2D eigenvalue weighted by molar-refractivity contribution is 7.65. The van der Waals surface area contributed by atoms with Gasteiger partial charge < -0.3 is 9.05 Å². The number of benzene rings is 1. The highest BCUT2D eigenvalue weighted by Gasteiger charge is 2.28. The lowest BCUT2D eigenvalue weighted by molar-refractivity contribution is 0.230. The molecule has 0 aliphatic rings. The summed E-state index contributed by atoms with van der Waals surface area (Å²) < 4.78 is 22.6. The Morgan fingerprint density at radius 2 is 1.69 bits per heavy atom. The molecular formula is C12H16O3P. The average molecular weight is 239 g/mol. The number of rotatable bonds is 6. The topological polar surface area (TPSA) is 35.5 Å². The van der Waals surface area contributed by atoms with E-state index in [-0.39, 0.29) is 5.31 Å². The smallest absolute Gasteiger partial charge is 0.305 e. The molecule has 0 fully saturated rings. The monoisotopic (exact) mass is 239 g/mol. The molecule has 0 aromatic heterocycles. The number of hydrogen-bond acceptors (Lipinski definition) is 3. The van der Waals surface area contributed by atoms with E-state index in [0.29, 0.717) is 18.8 Å². The van der Waals surface area contributed by atoms with Crippen molar-refractivity contribution >= 4 is 12.9 Å². The summed E-state index contributed by atoms with van der Waals surface area (Å²) in [4.78, 5) is 0. The van der Waals surface area contributed by atoms with Gasteiger partial charge in [0.05, 0.1) is 18.5 Å². The van der Waals surface area contributed by atoms with E-state index in [9.17, 15) is 4.57 Å². The van der Waals surface area contributed by atoms with E-state index in [1.807, 2.05) is 18.2 Å². The lowest BCUT2D eigenvalue weighted by Gasteiger charge is -2.18. The first-order valence-corrected chi connectivity index (χ1v) is 6.75. The predicted molar refractivity (Wildman–Crippen MR) is 65.0 cm³/mol. The molecule has 3 nitrogen and oxygen atoms in total. The summed E-state index contributed by atoms with van der Waals surface area (Å²) in [5.74, 6) is 0. The maximum Gasteiger partial charge on any atom is 0.361 e. The molecule has 1 rings (SSSR count). The zero-order chi connectivity index (χ0) is 12.0. The van der Waals surface area contributed by atoms with E-state index >= 15 is 0 Å². The molecule has 1 radical (unpaired) electrons. The third kappa shape index (κ3) is 3.05. The quantitative estimate of drug-likeness (QED) is 0.709. The van der Waals surface area contributed by atoms with Gasteiger partial charge in [-0.1, -0.05) is 30.3 Å². The average Bonchev–Trinajstić information content (AvgIpc) is 2.30. The molecule has 0 saturated carbocycles. The molecule has 0 atom stereocenters. The van der Waals surface area contributed by atoms with Crippen molar-refractivity contribution in [1.82, 2.24) is 0 Å². The second-order valence-electron chi connectivity index (χ2n) is 3.08. The van der Waals surface area contributed by atoms with E-state index in [2.05, 4.69) is 0 Å². The molecule has 0 aliphatic carbocycles. The molecule has 0 N–H and O–H groups in total. The standard InChI is InChI=1S/C12H16O3P/c1-4-14-16(13,15-5-2)11(3)12-9-7-6-8-10-12/h3,6-10H,4-5H2,1-2H3. The summed E-state index contributed by atoms with van der Waals surface area (Å²) in [6, 6.07) is 9.07. The summed E-state index contributed by atoms with van der Waals surface area (Å²) in [6.45, 7) is 9.95. The largest absolute Gasteiger partial charge is 0.361 e. The Hall–Kier alpha value is -0.890. The fourth-order valence-corrected chi connectivity index (χ4v) is 2.78. The van der Waals surface area contributed by atoms with Gasteiger partial charge in [0, 0.05) is 0 Å². The molecule has 0 aliphatic heterocycles. The lowest BCUT2D eigenvalue weighted by atomic mass is 10.2. The van der Waals surface area contributed by atoms with Crippen LogP contribution in [0.25, 0.3) is 5.31 Å². The zero-order valence-electron chi connectivity index (χ0n) is 9.55. The van der Waals surface area contributed by atoms with Crippen LogP contribution in [0, 0.1) is 6.58 Å². The van der Waals surface area contributed by atoms with Gasteiger partial charge >= 0.3 is 7.60 Å². The molecule has 87 valence electrons. The van der Waals surface area contributed by atoms with Crippen molar-refractivity contribution in [2.45, 2.75) is 13.8 Å². The maximum atomic E-state index is 12.3. The molecule has 0 spiro atoms. The molecule has 1 aromatic carbocycles. The molecule has 0 saturated heterocycles. The zero-order valence-corrected chi connectivity index (χ0v) is 10.4. The molecule has 0 amide bonds. The molecule has 16 heavy (non-hydrogen) atoms. The van der Waals surface area contributed by atoms with Crippen LogP contribution in [0.3, 0.4) is 0 Å². The van der Waals surface area contributed by atoms with Crippen LogP contribution >= 0.6 is 7.60 Å². The fourth-order valence-electron chi connectivity index (χ4n) is 1.28. The van der Waals surface area contributed by atoms with E-state index in [1.54, 1.807) is 26.0 Å². The van der Waals surface area contributed by atoms with Crippen LogP contribution < -0.4 is 0 Å². The van der Waals surface area contributed by atoms with Crippen molar-refractivity contribution < 1.29 is 13.6 Å². The van der Waals surface area contributed by atoms with Gasteiger partial charge in [-0.05, 0) is 26.0 Å². The molecule has 0 bridgehead atoms. The minimum absolute atomic E-state index is 0.164. The fraction of sp³-hybridized carbons (Fsp3) is 0.333. The van der Waals surface area contributed by atoms with Crippen molar-refractivity contribution in [3.05, 3.63) is 42.5 Å². The van der Waals surface area contributed by atoms with Crippen LogP contribution in [-0.2, 0) is 13.6 Å². The van der Waals surface area contributed by atoms with Crippen molar-refractivity contribution in [3.63, 3.8) is 0 Å². The van der Waals surface area contributed by atoms with E-state index in [1.165, 1.54) is 0 Å². The predicted octanol–water partition coefficient (Wildman–Crippen LogP) is 3.73. The third-order valence-corrected chi connectivity index (χ3v) is 4.01. The first kappa shape index (κ1) is 13.2. The van der Waals surface area contributed by atoms with E-state index in [0.717, 1.165) is 0 Å². The van der Waals surface area contributed by atoms with Gasteiger partial charge in [0.15, 0.2) is 0 Å². The first-order chi connectivity index (χ1) is 7.64. The van der Waals surface area contributed by atoms with E-state index < -0.39 is 7.60 Å². The van der Waals surface area contributed by atoms with Crippen LogP contribution in [0.2, 0.25) is 0 Å². The van der Waals surface area contributed by atoms with Crippen LogP contribution in [0.1, 0.15) is 19.4 Å². The summed E-state index contributed by atoms with van der Waals surface area (Å²) in [6.07, 6.45) is 0. The van der Waals surface area contributed by atoms with Gasteiger partial charge in [-0.25, -0.2) is 0 Å². The Morgan fingerprint density at radius 1 is 1.19 bits per heavy atom. The normalized spacial score (nSPS) is 11.4. The van der Waals surface area contributed by atoms with Crippen LogP contribution in [-0.4, -0.2) is 13.2 Å². The Balaban J connectivity index is 2.96. The van der Waals surface area contributed by atoms with Crippen LogP contribution in [0.5, 0.6) is 0 Å². The third-order valence-electron chi connectivity index (χ3n) is 1.96. The van der Waals surface area contributed by atoms with Gasteiger partial charge in [0.2, 0.25) is 0 Å². The Kier molecular flexibility index (Phi) is 4.94. The Bertz CT molecular complexity index is 377. The van der Waals surface area contributed by atoms with Gasteiger partial charge in [0.1, 0.15) is 0 Å².